The van der Waals surface area contributed by atoms with Crippen LogP contribution in [0.25, 0.3) is 0 Å². The predicted molar refractivity (Wildman–Crippen MR) is 60.1 cm³/mol. The van der Waals surface area contributed by atoms with Crippen molar-refractivity contribution in [2.75, 3.05) is 7.11 Å². The molecule has 0 aliphatic heterocycles. The number of hydrogen-bond acceptors (Lipinski definition) is 1. The largest absolute Gasteiger partial charge is 0.505 e. The second kappa shape index (κ2) is 7.19. The summed E-state index contributed by atoms with van der Waals surface area (Å²) in [6, 6.07) is 10.6. The van der Waals surface area contributed by atoms with Gasteiger partial charge >= 0.3 is 0 Å². The Morgan fingerprint density at radius 1 is 1.14 bits per heavy atom. The second-order valence-corrected chi connectivity index (χ2v) is 3.34. The highest BCUT2D eigenvalue weighted by atomic mass is 16.5. The molecule has 0 saturated heterocycles. The molecule has 1 nitrogen and oxygen atoms in total. The summed E-state index contributed by atoms with van der Waals surface area (Å²) < 4.78 is 4.83. The SMILES string of the molecule is CO/C=C/CCCCc1ccccc1. The summed E-state index contributed by atoms with van der Waals surface area (Å²) in [6.45, 7) is 0. The molecule has 0 unspecified atom stereocenters. The summed E-state index contributed by atoms with van der Waals surface area (Å²) in [4.78, 5) is 0. The Hall–Kier alpha value is -1.24. The second-order valence-electron chi connectivity index (χ2n) is 3.34. The maximum atomic E-state index is 4.83. The molecule has 0 N–H and O–H groups in total. The number of benzene rings is 1. The number of hydrogen-bond donors (Lipinski definition) is 0. The molecule has 1 heteroatoms. The summed E-state index contributed by atoms with van der Waals surface area (Å²) in [5.74, 6) is 0. The fourth-order valence-electron chi connectivity index (χ4n) is 1.40. The van der Waals surface area contributed by atoms with Crippen LogP contribution in [0.2, 0.25) is 0 Å². The van der Waals surface area contributed by atoms with Gasteiger partial charge in [0.25, 0.3) is 0 Å². The van der Waals surface area contributed by atoms with Crippen molar-refractivity contribution in [3.05, 3.63) is 48.2 Å². The zero-order valence-corrected chi connectivity index (χ0v) is 8.78. The van der Waals surface area contributed by atoms with Gasteiger partial charge in [0, 0.05) is 0 Å². The molecule has 0 fully saturated rings. The highest BCUT2D eigenvalue weighted by Crippen LogP contribution is 2.06. The maximum absolute atomic E-state index is 4.83. The molecule has 76 valence electrons. The molecule has 0 bridgehead atoms. The Labute approximate surface area is 86.4 Å². The molecule has 1 aromatic rings. The number of ether oxygens (including phenoxy) is 1. The lowest BCUT2D eigenvalue weighted by atomic mass is 10.1. The van der Waals surface area contributed by atoms with Crippen LogP contribution in [0.3, 0.4) is 0 Å². The van der Waals surface area contributed by atoms with Crippen LogP contribution in [0.1, 0.15) is 24.8 Å². The molecule has 14 heavy (non-hydrogen) atoms. The Kier molecular flexibility index (Phi) is 5.57. The lowest BCUT2D eigenvalue weighted by Crippen LogP contribution is -1.83. The minimum Gasteiger partial charge on any atom is -0.505 e. The van der Waals surface area contributed by atoms with E-state index >= 15 is 0 Å². The molecule has 1 aromatic carbocycles. The van der Waals surface area contributed by atoms with E-state index in [1.807, 2.05) is 0 Å². The molecule has 0 aromatic heterocycles. The minimum absolute atomic E-state index is 1.11. The molecule has 0 aliphatic rings. The maximum Gasteiger partial charge on any atom is 0.0784 e. The van der Waals surface area contributed by atoms with Crippen molar-refractivity contribution in [1.82, 2.24) is 0 Å². The molecule has 0 saturated carbocycles. The van der Waals surface area contributed by atoms with Gasteiger partial charge < -0.3 is 4.74 Å². The quantitative estimate of drug-likeness (QED) is 0.492. The first kappa shape index (κ1) is 10.8. The molecule has 0 spiro atoms. The highest BCUT2D eigenvalue weighted by molar-refractivity contribution is 5.14. The lowest BCUT2D eigenvalue weighted by Gasteiger charge is -1.99. The van der Waals surface area contributed by atoms with Crippen molar-refractivity contribution in [3.63, 3.8) is 0 Å². The van der Waals surface area contributed by atoms with Crippen molar-refractivity contribution in [2.24, 2.45) is 0 Å². The summed E-state index contributed by atoms with van der Waals surface area (Å²) in [5, 5.41) is 0. The lowest BCUT2D eigenvalue weighted by molar-refractivity contribution is 0.336. The van der Waals surface area contributed by atoms with Crippen LogP contribution in [-0.4, -0.2) is 7.11 Å². The zero-order chi connectivity index (χ0) is 10.1. The number of unbranched alkanes of at least 4 members (excludes halogenated alkanes) is 2. The van der Waals surface area contributed by atoms with Crippen LogP contribution in [-0.2, 0) is 11.2 Å². The van der Waals surface area contributed by atoms with Crippen molar-refractivity contribution in [3.8, 4) is 0 Å². The van der Waals surface area contributed by atoms with Gasteiger partial charge in [-0.1, -0.05) is 30.3 Å². The highest BCUT2D eigenvalue weighted by Gasteiger charge is 1.90. The summed E-state index contributed by atoms with van der Waals surface area (Å²) in [5.41, 5.74) is 1.43. The fraction of sp³-hybridized carbons (Fsp3) is 0.385. The van der Waals surface area contributed by atoms with E-state index in [2.05, 4.69) is 36.4 Å². The fourth-order valence-corrected chi connectivity index (χ4v) is 1.40. The third kappa shape index (κ3) is 4.70. The van der Waals surface area contributed by atoms with Gasteiger partial charge in [-0.05, 0) is 37.3 Å². The standard InChI is InChI=1S/C13H18O/c1-14-12-8-3-2-5-9-13-10-6-4-7-11-13/h4,6-8,10-12H,2-3,5,9H2,1H3/b12-8+. The van der Waals surface area contributed by atoms with Gasteiger partial charge in [-0.25, -0.2) is 0 Å². The molecule has 0 aliphatic carbocycles. The van der Waals surface area contributed by atoms with E-state index in [1.54, 1.807) is 13.4 Å². The minimum atomic E-state index is 1.11. The summed E-state index contributed by atoms with van der Waals surface area (Å²) >= 11 is 0. The van der Waals surface area contributed by atoms with E-state index in [-0.39, 0.29) is 0 Å². The Bertz CT molecular complexity index is 251. The monoisotopic (exact) mass is 190 g/mol. The number of methoxy groups -OCH3 is 1. The predicted octanol–water partition coefficient (Wildman–Crippen LogP) is 3.56. The topological polar surface area (TPSA) is 9.23 Å². The van der Waals surface area contributed by atoms with E-state index in [0.717, 1.165) is 6.42 Å². The molecular weight excluding hydrogens is 172 g/mol. The van der Waals surface area contributed by atoms with E-state index in [9.17, 15) is 0 Å². The first-order valence-electron chi connectivity index (χ1n) is 5.15. The van der Waals surface area contributed by atoms with Crippen molar-refractivity contribution in [1.29, 1.82) is 0 Å². The average Bonchev–Trinajstić information content (AvgIpc) is 2.25. The van der Waals surface area contributed by atoms with E-state index in [1.165, 1.54) is 24.8 Å². The van der Waals surface area contributed by atoms with Gasteiger partial charge in [0.15, 0.2) is 0 Å². The third-order valence-corrected chi connectivity index (χ3v) is 2.16. The van der Waals surface area contributed by atoms with Crippen molar-refractivity contribution < 1.29 is 4.74 Å². The van der Waals surface area contributed by atoms with Crippen molar-refractivity contribution >= 4 is 0 Å². The molecule has 0 radical (unpaired) electrons. The van der Waals surface area contributed by atoms with E-state index in [4.69, 9.17) is 4.74 Å². The normalized spacial score (nSPS) is 10.6. The number of rotatable bonds is 6. The Morgan fingerprint density at radius 2 is 1.93 bits per heavy atom. The number of allylic oxidation sites excluding steroid dienone is 1. The molecule has 1 rings (SSSR count). The Morgan fingerprint density at radius 3 is 2.64 bits per heavy atom. The van der Waals surface area contributed by atoms with Gasteiger partial charge in [0.05, 0.1) is 13.4 Å². The van der Waals surface area contributed by atoms with Gasteiger partial charge in [0.2, 0.25) is 0 Å². The number of aryl methyl sites for hydroxylation is 1. The molecule has 0 atom stereocenters. The first-order chi connectivity index (χ1) is 6.93. The first-order valence-corrected chi connectivity index (χ1v) is 5.15. The van der Waals surface area contributed by atoms with Gasteiger partial charge in [0.1, 0.15) is 0 Å². The van der Waals surface area contributed by atoms with Gasteiger partial charge in [-0.15, -0.1) is 0 Å². The van der Waals surface area contributed by atoms with Crippen molar-refractivity contribution in [2.45, 2.75) is 25.7 Å². The average molecular weight is 190 g/mol. The summed E-state index contributed by atoms with van der Waals surface area (Å²) in [6.07, 6.45) is 8.60. The van der Waals surface area contributed by atoms with Crippen LogP contribution in [0, 0.1) is 0 Å². The molecule has 0 amide bonds. The smallest absolute Gasteiger partial charge is 0.0784 e. The Balaban J connectivity index is 2.07. The van der Waals surface area contributed by atoms with E-state index < -0.39 is 0 Å². The van der Waals surface area contributed by atoms with Crippen LogP contribution >= 0.6 is 0 Å². The van der Waals surface area contributed by atoms with Crippen LogP contribution in [0.4, 0.5) is 0 Å². The van der Waals surface area contributed by atoms with E-state index in [0.29, 0.717) is 0 Å². The molecular formula is C13H18O. The van der Waals surface area contributed by atoms with Crippen LogP contribution in [0.5, 0.6) is 0 Å². The van der Waals surface area contributed by atoms with Gasteiger partial charge in [-0.2, -0.15) is 0 Å². The molecule has 0 heterocycles. The summed E-state index contributed by atoms with van der Waals surface area (Å²) in [7, 11) is 1.68. The van der Waals surface area contributed by atoms with Crippen LogP contribution < -0.4 is 0 Å². The van der Waals surface area contributed by atoms with Crippen LogP contribution in [0.15, 0.2) is 42.7 Å². The van der Waals surface area contributed by atoms with Gasteiger partial charge in [-0.3, -0.25) is 0 Å². The zero-order valence-electron chi connectivity index (χ0n) is 8.78. The third-order valence-electron chi connectivity index (χ3n) is 2.16.